The molecule has 1 aliphatic rings. The van der Waals surface area contributed by atoms with E-state index >= 15 is 0 Å². The van der Waals surface area contributed by atoms with Crippen molar-refractivity contribution in [1.29, 1.82) is 0 Å². The van der Waals surface area contributed by atoms with Gasteiger partial charge in [0.15, 0.2) is 0 Å². The van der Waals surface area contributed by atoms with E-state index in [0.717, 1.165) is 17.2 Å². The van der Waals surface area contributed by atoms with E-state index in [4.69, 9.17) is 10.8 Å². The van der Waals surface area contributed by atoms with Crippen LogP contribution < -0.4 is 11.1 Å². The molecule has 0 aliphatic carbocycles. The fourth-order valence-electron chi connectivity index (χ4n) is 2.83. The van der Waals surface area contributed by atoms with Crippen molar-refractivity contribution < 1.29 is 5.11 Å². The van der Waals surface area contributed by atoms with Crippen LogP contribution in [0.4, 0.5) is 0 Å². The van der Waals surface area contributed by atoms with E-state index < -0.39 is 0 Å². The molecule has 1 unspecified atom stereocenters. The Kier molecular flexibility index (Phi) is 8.58. The topological polar surface area (TPSA) is 74.1 Å². The molecule has 6 heteroatoms. The van der Waals surface area contributed by atoms with Crippen LogP contribution >= 0.6 is 24.0 Å². The number of H-pyrrole nitrogens is 1. The lowest BCUT2D eigenvalue weighted by atomic mass is 10.1. The van der Waals surface area contributed by atoms with E-state index in [0.29, 0.717) is 12.6 Å². The molecule has 0 amide bonds. The molecule has 0 radical (unpaired) electrons. The number of nitrogens with two attached hydrogens (primary N) is 1. The molecule has 1 aliphatic heterocycles. The van der Waals surface area contributed by atoms with E-state index in [2.05, 4.69) is 60.2 Å². The first-order valence-corrected chi connectivity index (χ1v) is 10.9. The average molecular weight is 420 g/mol. The zero-order valence-electron chi connectivity index (χ0n) is 17.2. The quantitative estimate of drug-likeness (QED) is 0.381. The number of thiophene rings is 1. The van der Waals surface area contributed by atoms with Crippen molar-refractivity contribution in [3.63, 3.8) is 0 Å². The minimum atomic E-state index is 0. The molecular formula is C22H33N3OS2. The van der Waals surface area contributed by atoms with Gasteiger partial charge in [-0.05, 0) is 83.0 Å². The molecule has 3 aromatic rings. The highest BCUT2D eigenvalue weighted by atomic mass is 32.2. The molecule has 154 valence electrons. The van der Waals surface area contributed by atoms with Gasteiger partial charge in [0.2, 0.25) is 0 Å². The van der Waals surface area contributed by atoms with Crippen LogP contribution in [-0.2, 0) is 0 Å². The molecule has 28 heavy (non-hydrogen) atoms. The summed E-state index contributed by atoms with van der Waals surface area (Å²) < 4.78 is 1.06. The number of fused-ring (bicyclic) bond motifs is 1. The summed E-state index contributed by atoms with van der Waals surface area (Å²) in [5.41, 5.74) is 9.02. The van der Waals surface area contributed by atoms with Gasteiger partial charge in [-0.3, -0.25) is 0 Å². The van der Waals surface area contributed by atoms with E-state index in [1.807, 2.05) is 26.8 Å². The summed E-state index contributed by atoms with van der Waals surface area (Å²) in [5.74, 6) is 0. The monoisotopic (exact) mass is 419 g/mol. The van der Waals surface area contributed by atoms with Crippen LogP contribution in [-0.4, -0.2) is 34.8 Å². The maximum Gasteiger partial charge on any atom is 0.0584 e. The Labute approximate surface area is 178 Å². The Morgan fingerprint density at radius 3 is 2.43 bits per heavy atom. The lowest BCUT2D eigenvalue weighted by Crippen LogP contribution is -2.26. The standard InChI is InChI=1S/C13H11NS2.C5H11NO.C4H11N/c1-8-6-10-7-9(2-3-11(10)14-8)12-4-5-13(15)16-12;7-4-5-2-1-3-6-5;1-4(2,3)5/h2-7,14-15H,1H3;5-7H,1-4H2;5H2,1-3H3. The second-order valence-electron chi connectivity index (χ2n) is 8.23. The average Bonchev–Trinajstić information content (AvgIpc) is 3.32. The molecule has 5 N–H and O–H groups in total. The number of hydrogen-bond acceptors (Lipinski definition) is 5. The Bertz CT molecular complexity index is 852. The highest BCUT2D eigenvalue weighted by Crippen LogP contribution is 2.31. The third-order valence-electron chi connectivity index (χ3n) is 4.01. The predicted molar refractivity (Wildman–Crippen MR) is 126 cm³/mol. The third kappa shape index (κ3) is 7.97. The number of benzene rings is 1. The van der Waals surface area contributed by atoms with Crippen LogP contribution in [0.25, 0.3) is 21.3 Å². The molecule has 2 aromatic heterocycles. The fourth-order valence-corrected chi connectivity index (χ4v) is 3.94. The zero-order valence-corrected chi connectivity index (χ0v) is 19.0. The smallest absolute Gasteiger partial charge is 0.0584 e. The van der Waals surface area contributed by atoms with Crippen LogP contribution in [0.15, 0.2) is 40.6 Å². The first-order chi connectivity index (χ1) is 13.2. The number of aromatic nitrogens is 1. The van der Waals surface area contributed by atoms with Gasteiger partial charge >= 0.3 is 0 Å². The van der Waals surface area contributed by atoms with Gasteiger partial charge in [0.1, 0.15) is 0 Å². The van der Waals surface area contributed by atoms with Gasteiger partial charge in [-0.15, -0.1) is 24.0 Å². The predicted octanol–water partition coefficient (Wildman–Crippen LogP) is 4.97. The van der Waals surface area contributed by atoms with Gasteiger partial charge in [-0.2, -0.15) is 0 Å². The molecule has 1 saturated heterocycles. The molecule has 0 spiro atoms. The SMILES string of the molecule is CC(C)(C)N.Cc1cc2cc(-c3ccc(S)s3)ccc2[nH]1.OCC1CCCN1. The largest absolute Gasteiger partial charge is 0.395 e. The van der Waals surface area contributed by atoms with Crippen molar-refractivity contribution in [2.24, 2.45) is 5.73 Å². The van der Waals surface area contributed by atoms with Crippen molar-refractivity contribution in [2.75, 3.05) is 13.2 Å². The summed E-state index contributed by atoms with van der Waals surface area (Å²) in [5, 5.41) is 12.9. The van der Waals surface area contributed by atoms with Crippen LogP contribution in [0.1, 0.15) is 39.3 Å². The number of aryl methyl sites for hydroxylation is 1. The Morgan fingerprint density at radius 1 is 1.21 bits per heavy atom. The molecule has 1 fully saturated rings. The van der Waals surface area contributed by atoms with Crippen LogP contribution in [0.5, 0.6) is 0 Å². The fraction of sp³-hybridized carbons (Fsp3) is 0.455. The number of thiol groups is 1. The normalized spacial score (nSPS) is 16.3. The summed E-state index contributed by atoms with van der Waals surface area (Å²) >= 11 is 6.06. The lowest BCUT2D eigenvalue weighted by Gasteiger charge is -2.06. The number of rotatable bonds is 2. The Hall–Kier alpha value is -1.31. The maximum atomic E-state index is 8.50. The molecule has 4 rings (SSSR count). The molecule has 3 heterocycles. The van der Waals surface area contributed by atoms with Crippen LogP contribution in [0.2, 0.25) is 0 Å². The number of hydrogen-bond donors (Lipinski definition) is 5. The summed E-state index contributed by atoms with van der Waals surface area (Å²) in [6.45, 7) is 9.37. The molecule has 1 atom stereocenters. The minimum absolute atomic E-state index is 0. The second kappa shape index (κ2) is 10.5. The molecule has 0 saturated carbocycles. The van der Waals surface area contributed by atoms with E-state index in [-0.39, 0.29) is 5.54 Å². The van der Waals surface area contributed by atoms with Gasteiger partial charge < -0.3 is 21.1 Å². The van der Waals surface area contributed by atoms with Crippen LogP contribution in [0.3, 0.4) is 0 Å². The van der Waals surface area contributed by atoms with Crippen molar-refractivity contribution in [1.82, 2.24) is 10.3 Å². The van der Waals surface area contributed by atoms with Crippen LogP contribution in [0, 0.1) is 6.92 Å². The molecule has 0 bridgehead atoms. The summed E-state index contributed by atoms with van der Waals surface area (Å²) in [7, 11) is 0. The molecule has 1 aromatic carbocycles. The minimum Gasteiger partial charge on any atom is -0.395 e. The zero-order chi connectivity index (χ0) is 20.7. The van der Waals surface area contributed by atoms with Crippen molar-refractivity contribution in [3.8, 4) is 10.4 Å². The first kappa shape index (κ1) is 23.0. The lowest BCUT2D eigenvalue weighted by molar-refractivity contribution is 0.255. The second-order valence-corrected chi connectivity index (χ2v) is 10.1. The number of aliphatic hydroxyl groups excluding tert-OH is 1. The number of nitrogens with one attached hydrogen (secondary N) is 2. The Morgan fingerprint density at radius 2 is 1.93 bits per heavy atom. The number of aliphatic hydroxyl groups is 1. The van der Waals surface area contributed by atoms with E-state index in [1.165, 1.54) is 33.5 Å². The summed E-state index contributed by atoms with van der Waals surface area (Å²) in [6.07, 6.45) is 2.38. The van der Waals surface area contributed by atoms with Crippen molar-refractivity contribution >= 4 is 34.9 Å². The van der Waals surface area contributed by atoms with Gasteiger partial charge in [-0.25, -0.2) is 0 Å². The highest BCUT2D eigenvalue weighted by molar-refractivity contribution is 7.83. The Balaban J connectivity index is 0.000000194. The molecular weight excluding hydrogens is 386 g/mol. The summed E-state index contributed by atoms with van der Waals surface area (Å²) in [6, 6.07) is 13.2. The van der Waals surface area contributed by atoms with Crippen molar-refractivity contribution in [3.05, 3.63) is 42.1 Å². The van der Waals surface area contributed by atoms with Gasteiger partial charge in [0.25, 0.3) is 0 Å². The first-order valence-electron chi connectivity index (χ1n) is 9.67. The third-order valence-corrected chi connectivity index (χ3v) is 5.37. The molecule has 4 nitrogen and oxygen atoms in total. The van der Waals surface area contributed by atoms with Gasteiger partial charge in [0, 0.05) is 33.1 Å². The number of aromatic amines is 1. The highest BCUT2D eigenvalue weighted by Gasteiger charge is 2.10. The van der Waals surface area contributed by atoms with Gasteiger partial charge in [0.05, 0.1) is 10.8 Å². The van der Waals surface area contributed by atoms with Crippen molar-refractivity contribution in [2.45, 2.75) is 56.3 Å². The maximum absolute atomic E-state index is 8.50. The van der Waals surface area contributed by atoms with E-state index in [1.54, 1.807) is 11.3 Å². The van der Waals surface area contributed by atoms with E-state index in [9.17, 15) is 0 Å². The van der Waals surface area contributed by atoms with Gasteiger partial charge in [-0.1, -0.05) is 6.07 Å². The summed E-state index contributed by atoms with van der Waals surface area (Å²) in [4.78, 5) is 4.60.